The molecule has 1 aliphatic rings. The minimum atomic E-state index is -0.825. The van der Waals surface area contributed by atoms with Crippen molar-refractivity contribution >= 4 is 62.6 Å². The molecule has 0 saturated carbocycles. The van der Waals surface area contributed by atoms with Crippen LogP contribution in [0.1, 0.15) is 5.56 Å². The summed E-state index contributed by atoms with van der Waals surface area (Å²) < 4.78 is 5.96. The van der Waals surface area contributed by atoms with Crippen LogP contribution in [0.2, 0.25) is 0 Å². The Balaban J connectivity index is 1.52. The molecular formula is C29H17BrN4O8. The lowest BCUT2D eigenvalue weighted by atomic mass is 10.0. The van der Waals surface area contributed by atoms with Gasteiger partial charge in [0.2, 0.25) is 5.75 Å². The van der Waals surface area contributed by atoms with E-state index in [9.17, 15) is 34.6 Å². The van der Waals surface area contributed by atoms with E-state index in [4.69, 9.17) is 4.74 Å². The van der Waals surface area contributed by atoms with E-state index in [1.54, 1.807) is 60.7 Å². The van der Waals surface area contributed by atoms with Gasteiger partial charge < -0.3 is 4.74 Å². The number of nitro groups is 2. The van der Waals surface area contributed by atoms with E-state index in [-0.39, 0.29) is 28.4 Å². The van der Waals surface area contributed by atoms with Gasteiger partial charge in [-0.15, -0.1) is 0 Å². The number of carbonyl (C=O) groups is 3. The van der Waals surface area contributed by atoms with Gasteiger partial charge in [0.15, 0.2) is 0 Å². The van der Waals surface area contributed by atoms with Crippen LogP contribution >= 0.6 is 15.9 Å². The maximum atomic E-state index is 13.5. The number of para-hydroxylation sites is 2. The number of carbonyl (C=O) groups excluding carboxylic acids is 3. The lowest BCUT2D eigenvalue weighted by Gasteiger charge is -2.33. The average Bonchev–Trinajstić information content (AvgIpc) is 2.97. The van der Waals surface area contributed by atoms with Gasteiger partial charge in [-0.3, -0.25) is 29.8 Å². The molecule has 0 bridgehead atoms. The lowest BCUT2D eigenvalue weighted by Crippen LogP contribution is -2.57. The second-order valence-corrected chi connectivity index (χ2v) is 9.61. The Morgan fingerprint density at radius 2 is 1.24 bits per heavy atom. The van der Waals surface area contributed by atoms with Gasteiger partial charge in [-0.05, 0) is 70.0 Å². The van der Waals surface area contributed by atoms with Crippen LogP contribution in [0.3, 0.4) is 0 Å². The monoisotopic (exact) mass is 628 g/mol. The molecule has 0 spiro atoms. The van der Waals surface area contributed by atoms with Crippen molar-refractivity contribution in [1.29, 1.82) is 0 Å². The van der Waals surface area contributed by atoms with Crippen LogP contribution in [0.15, 0.2) is 107 Å². The van der Waals surface area contributed by atoms with E-state index in [2.05, 4.69) is 15.9 Å². The quantitative estimate of drug-likeness (QED) is 0.0954. The molecule has 1 saturated heterocycles. The number of nitrogens with zero attached hydrogens (tertiary/aromatic N) is 4. The highest BCUT2D eigenvalue weighted by Gasteiger charge is 2.43. The van der Waals surface area contributed by atoms with Gasteiger partial charge in [0, 0.05) is 6.07 Å². The van der Waals surface area contributed by atoms with Gasteiger partial charge in [0.25, 0.3) is 17.5 Å². The number of anilines is 2. The second kappa shape index (κ2) is 11.4. The number of urea groups is 1. The van der Waals surface area contributed by atoms with Crippen molar-refractivity contribution in [3.63, 3.8) is 0 Å². The van der Waals surface area contributed by atoms with Gasteiger partial charge in [-0.25, -0.2) is 14.6 Å². The summed E-state index contributed by atoms with van der Waals surface area (Å²) in [5, 5.41) is 22.5. The fourth-order valence-corrected chi connectivity index (χ4v) is 4.64. The molecule has 0 N–H and O–H groups in total. The number of amides is 4. The molecule has 0 unspecified atom stereocenters. The van der Waals surface area contributed by atoms with Crippen molar-refractivity contribution in [1.82, 2.24) is 0 Å². The molecule has 0 atom stereocenters. The Morgan fingerprint density at radius 1 is 0.690 bits per heavy atom. The first kappa shape index (κ1) is 27.9. The van der Waals surface area contributed by atoms with Crippen molar-refractivity contribution in [3.05, 3.63) is 133 Å². The van der Waals surface area contributed by atoms with Crippen LogP contribution in [0.25, 0.3) is 6.08 Å². The number of hydrogen-bond donors (Lipinski definition) is 0. The lowest BCUT2D eigenvalue weighted by molar-refractivity contribution is -0.394. The van der Waals surface area contributed by atoms with E-state index in [1.165, 1.54) is 24.3 Å². The molecular weight excluding hydrogens is 612 g/mol. The highest BCUT2D eigenvalue weighted by molar-refractivity contribution is 9.10. The molecule has 208 valence electrons. The number of barbiturate groups is 1. The van der Waals surface area contributed by atoms with Crippen LogP contribution in [-0.4, -0.2) is 27.7 Å². The van der Waals surface area contributed by atoms with Crippen molar-refractivity contribution in [2.75, 3.05) is 9.80 Å². The minimum absolute atomic E-state index is 0.127. The molecule has 4 aromatic carbocycles. The van der Waals surface area contributed by atoms with E-state index in [1.807, 2.05) is 0 Å². The zero-order valence-electron chi connectivity index (χ0n) is 21.2. The Hall–Kier alpha value is -5.69. The fraction of sp³-hybridized carbons (Fsp3) is 0. The van der Waals surface area contributed by atoms with E-state index >= 15 is 0 Å². The molecule has 12 nitrogen and oxygen atoms in total. The van der Waals surface area contributed by atoms with Gasteiger partial charge in [-0.2, -0.15) is 0 Å². The predicted octanol–water partition coefficient (Wildman–Crippen LogP) is 6.64. The first-order valence-electron chi connectivity index (χ1n) is 12.1. The molecule has 0 aliphatic carbocycles. The van der Waals surface area contributed by atoms with E-state index in [0.29, 0.717) is 10.0 Å². The van der Waals surface area contributed by atoms with Crippen molar-refractivity contribution in [2.45, 2.75) is 0 Å². The number of imide groups is 2. The highest BCUT2D eigenvalue weighted by atomic mass is 79.9. The molecule has 5 rings (SSSR count). The van der Waals surface area contributed by atoms with Crippen molar-refractivity contribution in [3.8, 4) is 11.5 Å². The summed E-state index contributed by atoms with van der Waals surface area (Å²) in [6.45, 7) is 0. The first-order valence-corrected chi connectivity index (χ1v) is 12.9. The van der Waals surface area contributed by atoms with Gasteiger partial charge >= 0.3 is 11.7 Å². The predicted molar refractivity (Wildman–Crippen MR) is 155 cm³/mol. The number of non-ortho nitro benzene ring substituents is 1. The van der Waals surface area contributed by atoms with Crippen molar-refractivity contribution in [2.24, 2.45) is 0 Å². The van der Waals surface area contributed by atoms with E-state index < -0.39 is 39.1 Å². The summed E-state index contributed by atoms with van der Waals surface area (Å²) in [5.74, 6) is -1.74. The normalized spacial score (nSPS) is 13.3. The van der Waals surface area contributed by atoms with Gasteiger partial charge in [0.1, 0.15) is 11.3 Å². The Labute approximate surface area is 245 Å². The molecule has 1 fully saturated rings. The summed E-state index contributed by atoms with van der Waals surface area (Å²) >= 11 is 3.33. The van der Waals surface area contributed by atoms with Crippen LogP contribution in [0, 0.1) is 20.2 Å². The summed E-state index contributed by atoms with van der Waals surface area (Å²) in [4.78, 5) is 63.3. The van der Waals surface area contributed by atoms with Gasteiger partial charge in [-0.1, -0.05) is 42.5 Å². The zero-order chi connectivity index (χ0) is 30.0. The number of rotatable bonds is 7. The van der Waals surface area contributed by atoms with Crippen LogP contribution < -0.4 is 14.5 Å². The minimum Gasteiger partial charge on any atom is -0.449 e. The first-order chi connectivity index (χ1) is 20.2. The number of ether oxygens (including phenoxy) is 1. The largest absolute Gasteiger partial charge is 0.449 e. The maximum absolute atomic E-state index is 13.5. The summed E-state index contributed by atoms with van der Waals surface area (Å²) in [6, 6.07) is 23.0. The average molecular weight is 629 g/mol. The zero-order valence-corrected chi connectivity index (χ0v) is 22.8. The summed E-state index contributed by atoms with van der Waals surface area (Å²) in [6.07, 6.45) is 1.33. The second-order valence-electron chi connectivity index (χ2n) is 8.75. The van der Waals surface area contributed by atoms with Crippen LogP contribution in [-0.2, 0) is 9.59 Å². The maximum Gasteiger partial charge on any atom is 0.343 e. The standard InChI is InChI=1S/C29H17BrN4O8/c30-23-16-18(11-13-25(23)42-26-14-12-21(33(38)39)17-24(26)34(40)41)15-22-27(35)31(19-7-3-1-4-8-19)29(37)32(28(22)36)20-9-5-2-6-10-20/h1-17H. The molecule has 1 heterocycles. The third-order valence-corrected chi connectivity index (χ3v) is 6.73. The molecule has 4 aromatic rings. The molecule has 4 amide bonds. The third kappa shape index (κ3) is 5.36. The van der Waals surface area contributed by atoms with Crippen LogP contribution in [0.5, 0.6) is 11.5 Å². The Morgan fingerprint density at radius 3 is 1.74 bits per heavy atom. The molecule has 1 aliphatic heterocycles. The molecule has 0 aromatic heterocycles. The third-order valence-electron chi connectivity index (χ3n) is 6.12. The highest BCUT2D eigenvalue weighted by Crippen LogP contribution is 2.38. The van der Waals surface area contributed by atoms with Gasteiger partial charge in [0.05, 0.1) is 31.8 Å². The summed E-state index contributed by atoms with van der Waals surface area (Å²) in [7, 11) is 0. The number of benzene rings is 4. The SMILES string of the molecule is O=C1C(=Cc2ccc(Oc3ccc([N+](=O)[O-])cc3[N+](=O)[O-])c(Br)c2)C(=O)N(c2ccccc2)C(=O)N1c1ccccc1. The smallest absolute Gasteiger partial charge is 0.343 e. The van der Waals surface area contributed by atoms with E-state index in [0.717, 1.165) is 28.0 Å². The summed E-state index contributed by atoms with van der Waals surface area (Å²) in [5.41, 5.74) is -0.423. The number of hydrogen-bond acceptors (Lipinski definition) is 8. The molecule has 42 heavy (non-hydrogen) atoms. The topological polar surface area (TPSA) is 153 Å². The fourth-order valence-electron chi connectivity index (χ4n) is 4.16. The Bertz CT molecular complexity index is 1730. The number of halogens is 1. The Kier molecular flexibility index (Phi) is 7.58. The molecule has 0 radical (unpaired) electrons. The van der Waals surface area contributed by atoms with Crippen molar-refractivity contribution < 1.29 is 29.0 Å². The molecule has 13 heteroatoms. The number of nitro benzene ring substituents is 2. The van der Waals surface area contributed by atoms with Crippen LogP contribution in [0.4, 0.5) is 27.5 Å².